The topological polar surface area (TPSA) is 37.3 Å². The monoisotopic (exact) mass is 224 g/mol. The van der Waals surface area contributed by atoms with Crippen molar-refractivity contribution in [3.05, 3.63) is 28.6 Å². The normalized spacial score (nSPS) is 10.7. The predicted molar refractivity (Wildman–Crippen MR) is 60.4 cm³/mol. The Labute approximate surface area is 90.6 Å². The van der Waals surface area contributed by atoms with Crippen molar-refractivity contribution in [3.8, 4) is 0 Å². The number of rotatable bonds is 2. The van der Waals surface area contributed by atoms with Crippen LogP contribution in [0.2, 0.25) is 0 Å². The summed E-state index contributed by atoms with van der Waals surface area (Å²) in [6.07, 6.45) is 0.815. The van der Waals surface area contributed by atoms with Crippen LogP contribution in [0, 0.1) is 0 Å². The molecule has 0 radical (unpaired) electrons. The minimum Gasteiger partial charge on any atom is -0.391 e. The highest BCUT2D eigenvalue weighted by atomic mass is 32.1. The number of thiophene rings is 1. The molecule has 1 heterocycles. The van der Waals surface area contributed by atoms with Gasteiger partial charge in [-0.15, -0.1) is 24.0 Å². The first-order chi connectivity index (χ1) is 6.77. The van der Waals surface area contributed by atoms with E-state index in [0.717, 1.165) is 26.1 Å². The summed E-state index contributed by atoms with van der Waals surface area (Å²) in [6.45, 7) is -0.0313. The zero-order chi connectivity index (χ0) is 10.1. The third-order valence-corrected chi connectivity index (χ3v) is 3.85. The summed E-state index contributed by atoms with van der Waals surface area (Å²) < 4.78 is 0.989. The van der Waals surface area contributed by atoms with Crippen LogP contribution in [-0.2, 0) is 6.61 Å². The van der Waals surface area contributed by atoms with Crippen molar-refractivity contribution in [2.24, 2.45) is 0 Å². The van der Waals surface area contributed by atoms with Crippen LogP contribution < -0.4 is 0 Å². The van der Waals surface area contributed by atoms with Crippen molar-refractivity contribution < 1.29 is 9.90 Å². The van der Waals surface area contributed by atoms with Crippen LogP contribution in [0.25, 0.3) is 10.1 Å². The molecule has 0 aliphatic rings. The maximum absolute atomic E-state index is 10.8. The first kappa shape index (κ1) is 9.71. The van der Waals surface area contributed by atoms with Crippen LogP contribution in [0.4, 0.5) is 0 Å². The van der Waals surface area contributed by atoms with E-state index in [1.165, 1.54) is 11.3 Å². The molecule has 0 fully saturated rings. The van der Waals surface area contributed by atoms with Crippen LogP contribution in [0.1, 0.15) is 15.2 Å². The van der Waals surface area contributed by atoms with E-state index in [9.17, 15) is 4.79 Å². The molecule has 0 aliphatic heterocycles. The van der Waals surface area contributed by atoms with Gasteiger partial charge in [-0.3, -0.25) is 4.79 Å². The molecule has 1 aromatic heterocycles. The molecular weight excluding hydrogens is 216 g/mol. The minimum absolute atomic E-state index is 0.0313. The summed E-state index contributed by atoms with van der Waals surface area (Å²) in [5.41, 5.74) is 0.628. The van der Waals surface area contributed by atoms with Crippen molar-refractivity contribution >= 4 is 40.3 Å². The zero-order valence-electron chi connectivity index (χ0n) is 7.23. The predicted octanol–water partition coefficient (Wildman–Crippen LogP) is 2.49. The van der Waals surface area contributed by atoms with Gasteiger partial charge in [-0.25, -0.2) is 0 Å². The highest BCUT2D eigenvalue weighted by molar-refractivity contribution is 7.80. The number of aliphatic hydroxyl groups is 1. The van der Waals surface area contributed by atoms with Crippen molar-refractivity contribution in [1.29, 1.82) is 0 Å². The third kappa shape index (κ3) is 1.35. The number of carbonyl (C=O) groups is 1. The molecule has 0 spiro atoms. The molecule has 0 atom stereocenters. The lowest BCUT2D eigenvalue weighted by molar-refractivity contribution is 0.112. The van der Waals surface area contributed by atoms with Crippen molar-refractivity contribution in [2.75, 3.05) is 0 Å². The largest absolute Gasteiger partial charge is 0.391 e. The molecule has 2 rings (SSSR count). The van der Waals surface area contributed by atoms with E-state index < -0.39 is 0 Å². The highest BCUT2D eigenvalue weighted by Gasteiger charge is 2.11. The fourth-order valence-electron chi connectivity index (χ4n) is 1.41. The van der Waals surface area contributed by atoms with Crippen LogP contribution in [-0.4, -0.2) is 11.4 Å². The summed E-state index contributed by atoms with van der Waals surface area (Å²) in [5.74, 6) is 0. The van der Waals surface area contributed by atoms with E-state index in [1.807, 2.05) is 12.1 Å². The molecule has 1 N–H and O–H groups in total. The maximum Gasteiger partial charge on any atom is 0.150 e. The fourth-order valence-corrected chi connectivity index (χ4v) is 2.94. The summed E-state index contributed by atoms with van der Waals surface area (Å²) in [7, 11) is 0. The van der Waals surface area contributed by atoms with E-state index in [-0.39, 0.29) is 6.61 Å². The van der Waals surface area contributed by atoms with Gasteiger partial charge >= 0.3 is 0 Å². The second kappa shape index (κ2) is 3.73. The second-order valence-corrected chi connectivity index (χ2v) is 4.45. The van der Waals surface area contributed by atoms with Gasteiger partial charge in [-0.2, -0.15) is 0 Å². The number of aldehydes is 1. The SMILES string of the molecule is O=Cc1cccc2sc(CO)c(S)c12. The summed E-state index contributed by atoms with van der Waals surface area (Å²) in [6, 6.07) is 5.51. The van der Waals surface area contributed by atoms with Crippen molar-refractivity contribution in [2.45, 2.75) is 11.5 Å². The van der Waals surface area contributed by atoms with E-state index in [2.05, 4.69) is 12.6 Å². The first-order valence-electron chi connectivity index (χ1n) is 4.07. The van der Waals surface area contributed by atoms with Gasteiger partial charge in [0, 0.05) is 25.4 Å². The Hall–Kier alpha value is -0.840. The van der Waals surface area contributed by atoms with E-state index in [4.69, 9.17) is 5.11 Å². The van der Waals surface area contributed by atoms with Gasteiger partial charge < -0.3 is 5.11 Å². The smallest absolute Gasteiger partial charge is 0.150 e. The molecule has 0 saturated carbocycles. The first-order valence-corrected chi connectivity index (χ1v) is 5.33. The zero-order valence-corrected chi connectivity index (χ0v) is 8.94. The van der Waals surface area contributed by atoms with Gasteiger partial charge in [0.2, 0.25) is 0 Å². The Bertz CT molecular complexity index is 488. The molecule has 14 heavy (non-hydrogen) atoms. The van der Waals surface area contributed by atoms with Gasteiger partial charge in [-0.1, -0.05) is 12.1 Å². The van der Waals surface area contributed by atoms with E-state index >= 15 is 0 Å². The Kier molecular flexibility index (Phi) is 2.58. The number of thiol groups is 1. The molecular formula is C10H8O2S2. The average Bonchev–Trinajstić information content (AvgIpc) is 2.55. The van der Waals surface area contributed by atoms with Crippen LogP contribution in [0.3, 0.4) is 0 Å². The lowest BCUT2D eigenvalue weighted by Crippen LogP contribution is -1.81. The van der Waals surface area contributed by atoms with Gasteiger partial charge in [-0.05, 0) is 6.07 Å². The van der Waals surface area contributed by atoms with E-state index in [0.29, 0.717) is 5.56 Å². The molecule has 0 bridgehead atoms. The van der Waals surface area contributed by atoms with Gasteiger partial charge in [0.25, 0.3) is 0 Å². The Balaban J connectivity index is 2.85. The molecule has 72 valence electrons. The van der Waals surface area contributed by atoms with Crippen LogP contribution in [0.5, 0.6) is 0 Å². The van der Waals surface area contributed by atoms with Gasteiger partial charge in [0.15, 0.2) is 6.29 Å². The minimum atomic E-state index is -0.0313. The fraction of sp³-hybridized carbons (Fsp3) is 0.100. The van der Waals surface area contributed by atoms with Crippen molar-refractivity contribution in [1.82, 2.24) is 0 Å². The standard InChI is InChI=1S/C10H8O2S2/c11-4-6-2-1-3-7-9(6)10(13)8(5-12)14-7/h1-4,12-13H,5H2. The molecule has 0 unspecified atom stereocenters. The Morgan fingerprint density at radius 1 is 1.50 bits per heavy atom. The van der Waals surface area contributed by atoms with Crippen molar-refractivity contribution in [3.63, 3.8) is 0 Å². The Morgan fingerprint density at radius 2 is 2.29 bits per heavy atom. The second-order valence-electron chi connectivity index (χ2n) is 2.87. The number of fused-ring (bicyclic) bond motifs is 1. The lowest BCUT2D eigenvalue weighted by atomic mass is 10.1. The molecule has 2 nitrogen and oxygen atoms in total. The number of hydrogen-bond donors (Lipinski definition) is 2. The third-order valence-electron chi connectivity index (χ3n) is 2.06. The lowest BCUT2D eigenvalue weighted by Gasteiger charge is -1.95. The number of carbonyl (C=O) groups excluding carboxylic acids is 1. The maximum atomic E-state index is 10.8. The number of aliphatic hydroxyl groups excluding tert-OH is 1. The summed E-state index contributed by atoms with van der Waals surface area (Å²) >= 11 is 5.78. The van der Waals surface area contributed by atoms with Crippen LogP contribution in [0.15, 0.2) is 23.1 Å². The molecule has 4 heteroatoms. The van der Waals surface area contributed by atoms with Crippen LogP contribution >= 0.6 is 24.0 Å². The average molecular weight is 224 g/mol. The van der Waals surface area contributed by atoms with Gasteiger partial charge in [0.1, 0.15) is 0 Å². The molecule has 0 amide bonds. The highest BCUT2D eigenvalue weighted by Crippen LogP contribution is 2.35. The molecule has 1 aromatic carbocycles. The summed E-state index contributed by atoms with van der Waals surface area (Å²) in [5, 5.41) is 9.90. The van der Waals surface area contributed by atoms with E-state index in [1.54, 1.807) is 6.07 Å². The van der Waals surface area contributed by atoms with Gasteiger partial charge in [0.05, 0.1) is 6.61 Å². The molecule has 2 aromatic rings. The number of benzene rings is 1. The quantitative estimate of drug-likeness (QED) is 0.607. The summed E-state index contributed by atoms with van der Waals surface area (Å²) in [4.78, 5) is 12.3. The number of hydrogen-bond acceptors (Lipinski definition) is 4. The molecule has 0 aliphatic carbocycles. The Morgan fingerprint density at radius 3 is 2.93 bits per heavy atom. The molecule has 0 saturated heterocycles.